The van der Waals surface area contributed by atoms with Crippen LogP contribution >= 0.6 is 15.9 Å². The van der Waals surface area contributed by atoms with Crippen LogP contribution in [0.3, 0.4) is 0 Å². The van der Waals surface area contributed by atoms with E-state index in [1.807, 2.05) is 48.3 Å². The average molecular weight is 417 g/mol. The maximum absolute atomic E-state index is 12.7. The number of likely N-dealkylation sites (tertiary alicyclic amines) is 1. The molecule has 3 rings (SSSR count). The topological polar surface area (TPSA) is 32.8 Å². The van der Waals surface area contributed by atoms with E-state index >= 15 is 0 Å². The lowest BCUT2D eigenvalue weighted by atomic mass is 10.0. The fourth-order valence-corrected chi connectivity index (χ4v) is 3.89. The van der Waals surface area contributed by atoms with Crippen LogP contribution in [0, 0.1) is 0 Å². The summed E-state index contributed by atoms with van der Waals surface area (Å²) in [5, 5.41) is 0. The Bertz CT molecular complexity index is 748. The van der Waals surface area contributed by atoms with E-state index in [4.69, 9.17) is 4.74 Å². The summed E-state index contributed by atoms with van der Waals surface area (Å²) in [6, 6.07) is 16.5. The summed E-state index contributed by atoms with van der Waals surface area (Å²) in [4.78, 5) is 16.8. The van der Waals surface area contributed by atoms with Gasteiger partial charge in [0.25, 0.3) is 0 Å². The van der Waals surface area contributed by atoms with Gasteiger partial charge in [0.2, 0.25) is 5.91 Å². The summed E-state index contributed by atoms with van der Waals surface area (Å²) in [7, 11) is 3.55. The van der Waals surface area contributed by atoms with Gasteiger partial charge in [0.15, 0.2) is 0 Å². The molecule has 2 aromatic carbocycles. The molecule has 0 radical (unpaired) electrons. The zero-order chi connectivity index (χ0) is 18.5. The number of ether oxygens (including phenoxy) is 1. The van der Waals surface area contributed by atoms with Crippen LogP contribution < -0.4 is 4.74 Å². The second-order valence-electron chi connectivity index (χ2n) is 6.74. The highest BCUT2D eigenvalue weighted by Crippen LogP contribution is 2.32. The van der Waals surface area contributed by atoms with E-state index in [2.05, 4.69) is 33.0 Å². The van der Waals surface area contributed by atoms with Crippen molar-refractivity contribution < 1.29 is 9.53 Å². The smallest absolute Gasteiger partial charge is 0.236 e. The summed E-state index contributed by atoms with van der Waals surface area (Å²) in [5.41, 5.74) is 2.38. The lowest BCUT2D eigenvalue weighted by Crippen LogP contribution is -2.37. The van der Waals surface area contributed by atoms with Crippen LogP contribution in [0.25, 0.3) is 0 Å². The molecule has 1 aliphatic heterocycles. The molecule has 0 bridgehead atoms. The third-order valence-corrected chi connectivity index (χ3v) is 5.77. The largest absolute Gasteiger partial charge is 0.497 e. The molecule has 1 unspecified atom stereocenters. The Hall–Kier alpha value is -1.85. The Kier molecular flexibility index (Phi) is 6.33. The van der Waals surface area contributed by atoms with Crippen LogP contribution in [0.15, 0.2) is 53.0 Å². The quantitative estimate of drug-likeness (QED) is 0.705. The van der Waals surface area contributed by atoms with Crippen LogP contribution in [0.4, 0.5) is 0 Å². The van der Waals surface area contributed by atoms with Crippen LogP contribution in [-0.4, -0.2) is 43.0 Å². The van der Waals surface area contributed by atoms with E-state index in [0.717, 1.165) is 35.2 Å². The van der Waals surface area contributed by atoms with Crippen molar-refractivity contribution in [2.75, 3.05) is 27.2 Å². The lowest BCUT2D eigenvalue weighted by molar-refractivity contribution is -0.131. The van der Waals surface area contributed by atoms with Crippen LogP contribution in [0.5, 0.6) is 5.75 Å². The summed E-state index contributed by atoms with van der Waals surface area (Å²) in [6.07, 6.45) is 2.21. The molecule has 2 aromatic rings. The minimum Gasteiger partial charge on any atom is -0.497 e. The van der Waals surface area contributed by atoms with E-state index < -0.39 is 0 Å². The molecule has 0 aliphatic carbocycles. The Morgan fingerprint density at radius 1 is 1.23 bits per heavy atom. The van der Waals surface area contributed by atoms with Crippen molar-refractivity contribution in [3.8, 4) is 5.75 Å². The molecule has 1 atom stereocenters. The Morgan fingerprint density at radius 2 is 1.96 bits per heavy atom. The molecule has 1 fully saturated rings. The van der Waals surface area contributed by atoms with Gasteiger partial charge in [0.05, 0.1) is 13.7 Å². The zero-order valence-corrected chi connectivity index (χ0v) is 16.9. The molecule has 4 nitrogen and oxygen atoms in total. The highest BCUT2D eigenvalue weighted by molar-refractivity contribution is 9.10. The predicted molar refractivity (Wildman–Crippen MR) is 107 cm³/mol. The zero-order valence-electron chi connectivity index (χ0n) is 15.3. The van der Waals surface area contributed by atoms with Gasteiger partial charge in [0, 0.05) is 24.1 Å². The van der Waals surface area contributed by atoms with Crippen molar-refractivity contribution in [1.29, 1.82) is 0 Å². The van der Waals surface area contributed by atoms with Crippen molar-refractivity contribution in [3.63, 3.8) is 0 Å². The standard InChI is InChI=1S/C21H25BrN2O2/c1-23(14-17-6-3-4-7-19(17)22)21(25)15-24-13-5-8-20(24)16-9-11-18(26-2)12-10-16/h3-4,6-7,9-12,20H,5,8,13-15H2,1-2H3. The molecular formula is C21H25BrN2O2. The first-order valence-electron chi connectivity index (χ1n) is 8.94. The van der Waals surface area contributed by atoms with Gasteiger partial charge in [-0.15, -0.1) is 0 Å². The van der Waals surface area contributed by atoms with Gasteiger partial charge in [-0.05, 0) is 48.7 Å². The molecule has 138 valence electrons. The normalized spacial score (nSPS) is 17.3. The van der Waals surface area contributed by atoms with Crippen LogP contribution in [0.1, 0.15) is 30.0 Å². The summed E-state index contributed by atoms with van der Waals surface area (Å²) >= 11 is 3.56. The van der Waals surface area contributed by atoms with Gasteiger partial charge < -0.3 is 9.64 Å². The minimum absolute atomic E-state index is 0.154. The molecule has 0 N–H and O–H groups in total. The second kappa shape index (κ2) is 8.69. The van der Waals surface area contributed by atoms with Crippen molar-refractivity contribution in [1.82, 2.24) is 9.80 Å². The molecule has 26 heavy (non-hydrogen) atoms. The fourth-order valence-electron chi connectivity index (χ4n) is 3.48. The highest BCUT2D eigenvalue weighted by Gasteiger charge is 2.28. The van der Waals surface area contributed by atoms with Gasteiger partial charge in [-0.25, -0.2) is 0 Å². The van der Waals surface area contributed by atoms with E-state index in [1.165, 1.54) is 5.56 Å². The number of rotatable bonds is 6. The number of carbonyl (C=O) groups excluding carboxylic acids is 1. The SMILES string of the molecule is COc1ccc(C2CCCN2CC(=O)N(C)Cc2ccccc2Br)cc1. The van der Waals surface area contributed by atoms with Crippen molar-refractivity contribution in [2.45, 2.75) is 25.4 Å². The number of carbonyl (C=O) groups is 1. The van der Waals surface area contributed by atoms with E-state index in [9.17, 15) is 4.79 Å². The lowest BCUT2D eigenvalue weighted by Gasteiger charge is -2.27. The van der Waals surface area contributed by atoms with Crippen molar-refractivity contribution in [2.24, 2.45) is 0 Å². The molecule has 0 saturated carbocycles. The second-order valence-corrected chi connectivity index (χ2v) is 7.60. The molecule has 1 amide bonds. The first-order valence-corrected chi connectivity index (χ1v) is 9.73. The highest BCUT2D eigenvalue weighted by atomic mass is 79.9. The number of methoxy groups -OCH3 is 1. The Balaban J connectivity index is 1.62. The maximum atomic E-state index is 12.7. The Labute approximate surface area is 163 Å². The van der Waals surface area contributed by atoms with E-state index in [1.54, 1.807) is 7.11 Å². The monoisotopic (exact) mass is 416 g/mol. The Morgan fingerprint density at radius 3 is 2.65 bits per heavy atom. The number of amides is 1. The summed E-state index contributed by atoms with van der Waals surface area (Å²) < 4.78 is 6.28. The van der Waals surface area contributed by atoms with E-state index in [0.29, 0.717) is 19.1 Å². The molecule has 5 heteroatoms. The summed E-state index contributed by atoms with van der Waals surface area (Å²) in [6.45, 7) is 2.03. The molecule has 0 aromatic heterocycles. The van der Waals surface area contributed by atoms with Crippen LogP contribution in [0.2, 0.25) is 0 Å². The predicted octanol–water partition coefficient (Wildman–Crippen LogP) is 4.25. The number of nitrogens with zero attached hydrogens (tertiary/aromatic N) is 2. The van der Waals surface area contributed by atoms with Gasteiger partial charge in [-0.3, -0.25) is 9.69 Å². The maximum Gasteiger partial charge on any atom is 0.236 e. The fraction of sp³-hybridized carbons (Fsp3) is 0.381. The average Bonchev–Trinajstić information content (AvgIpc) is 3.11. The van der Waals surface area contributed by atoms with Gasteiger partial charge in [-0.2, -0.15) is 0 Å². The third kappa shape index (κ3) is 4.46. The van der Waals surface area contributed by atoms with Crippen molar-refractivity contribution in [3.05, 3.63) is 64.1 Å². The molecule has 1 heterocycles. The molecular weight excluding hydrogens is 392 g/mol. The first kappa shape index (κ1) is 18.9. The van der Waals surface area contributed by atoms with Gasteiger partial charge in [-0.1, -0.05) is 46.3 Å². The number of benzene rings is 2. The number of hydrogen-bond acceptors (Lipinski definition) is 3. The number of hydrogen-bond donors (Lipinski definition) is 0. The van der Waals surface area contributed by atoms with Gasteiger partial charge >= 0.3 is 0 Å². The molecule has 1 aliphatic rings. The molecule has 1 saturated heterocycles. The van der Waals surface area contributed by atoms with Crippen molar-refractivity contribution >= 4 is 21.8 Å². The minimum atomic E-state index is 0.154. The van der Waals surface area contributed by atoms with Gasteiger partial charge in [0.1, 0.15) is 5.75 Å². The number of halogens is 1. The molecule has 0 spiro atoms. The first-order chi connectivity index (χ1) is 12.6. The van der Waals surface area contributed by atoms with E-state index in [-0.39, 0.29) is 5.91 Å². The number of likely N-dealkylation sites (N-methyl/N-ethyl adjacent to an activating group) is 1. The van der Waals surface area contributed by atoms with Crippen LogP contribution in [-0.2, 0) is 11.3 Å². The third-order valence-electron chi connectivity index (χ3n) is 4.99. The summed E-state index contributed by atoms with van der Waals surface area (Å²) in [5.74, 6) is 1.02.